The Hall–Kier alpha value is -0.810. The van der Waals surface area contributed by atoms with Crippen LogP contribution >= 0.6 is 12.4 Å². The summed E-state index contributed by atoms with van der Waals surface area (Å²) in [6, 6.07) is 0. The van der Waals surface area contributed by atoms with Gasteiger partial charge in [0.25, 0.3) is 0 Å². The molecule has 24 heavy (non-hydrogen) atoms. The van der Waals surface area contributed by atoms with E-state index < -0.39 is 0 Å². The molecule has 3 rings (SSSR count). The summed E-state index contributed by atoms with van der Waals surface area (Å²) in [6.07, 6.45) is 7.28. The molecule has 1 saturated carbocycles. The molecule has 0 radical (unpaired) electrons. The molecule has 0 aromatic rings. The molecule has 3 fully saturated rings. The van der Waals surface area contributed by atoms with Gasteiger partial charge in [0.1, 0.15) is 0 Å². The summed E-state index contributed by atoms with van der Waals surface area (Å²) >= 11 is 0. The largest absolute Gasteiger partial charge is 0.356 e. The van der Waals surface area contributed by atoms with Crippen molar-refractivity contribution in [3.05, 3.63) is 0 Å². The van der Waals surface area contributed by atoms with E-state index in [1.54, 1.807) is 0 Å². The lowest BCUT2D eigenvalue weighted by Crippen LogP contribution is -2.52. The van der Waals surface area contributed by atoms with Crippen molar-refractivity contribution in [1.82, 2.24) is 15.5 Å². The lowest BCUT2D eigenvalue weighted by atomic mass is 9.67. The molecule has 2 amide bonds. The number of nitrogens with zero attached hydrogens (tertiary/aromatic N) is 1. The molecule has 2 saturated heterocycles. The monoisotopic (exact) mass is 357 g/mol. The van der Waals surface area contributed by atoms with Gasteiger partial charge in [-0.25, -0.2) is 0 Å². The van der Waals surface area contributed by atoms with Crippen LogP contribution < -0.4 is 10.6 Å². The Labute approximate surface area is 151 Å². The summed E-state index contributed by atoms with van der Waals surface area (Å²) < 4.78 is 0. The third kappa shape index (κ3) is 3.72. The van der Waals surface area contributed by atoms with Crippen molar-refractivity contribution >= 4 is 24.2 Å². The van der Waals surface area contributed by atoms with Crippen molar-refractivity contribution in [2.24, 2.45) is 17.3 Å². The zero-order valence-electron chi connectivity index (χ0n) is 14.8. The van der Waals surface area contributed by atoms with E-state index in [2.05, 4.69) is 22.5 Å². The third-order valence-corrected chi connectivity index (χ3v) is 6.17. The van der Waals surface area contributed by atoms with Crippen LogP contribution in [-0.4, -0.2) is 49.4 Å². The van der Waals surface area contributed by atoms with Crippen LogP contribution in [0.5, 0.6) is 0 Å². The maximum absolute atomic E-state index is 13.2. The number of halogens is 1. The summed E-state index contributed by atoms with van der Waals surface area (Å²) in [5.74, 6) is 1.15. The minimum absolute atomic E-state index is 0. The summed E-state index contributed by atoms with van der Waals surface area (Å²) in [4.78, 5) is 27.3. The van der Waals surface area contributed by atoms with Crippen molar-refractivity contribution < 1.29 is 9.59 Å². The summed E-state index contributed by atoms with van der Waals surface area (Å²) in [7, 11) is 0. The highest BCUT2D eigenvalue weighted by Gasteiger charge is 2.51. The molecule has 0 spiro atoms. The van der Waals surface area contributed by atoms with Gasteiger partial charge in [0.2, 0.25) is 11.8 Å². The Morgan fingerprint density at radius 2 is 1.96 bits per heavy atom. The molecule has 6 heteroatoms. The number of carbonyl (C=O) groups excluding carboxylic acids is 2. The van der Waals surface area contributed by atoms with Gasteiger partial charge in [0, 0.05) is 32.1 Å². The van der Waals surface area contributed by atoms with E-state index in [4.69, 9.17) is 0 Å². The van der Waals surface area contributed by atoms with Gasteiger partial charge in [0.15, 0.2) is 0 Å². The van der Waals surface area contributed by atoms with Crippen LogP contribution in [0.4, 0.5) is 0 Å². The lowest BCUT2D eigenvalue weighted by molar-refractivity contribution is -0.148. The molecule has 3 aliphatic rings. The zero-order chi connectivity index (χ0) is 16.3. The first-order valence-electron chi connectivity index (χ1n) is 9.45. The predicted molar refractivity (Wildman–Crippen MR) is 97.1 cm³/mol. The smallest absolute Gasteiger partial charge is 0.230 e. The minimum Gasteiger partial charge on any atom is -0.356 e. The number of fused-ring (bicyclic) bond motifs is 1. The fourth-order valence-corrected chi connectivity index (χ4v) is 4.72. The first-order chi connectivity index (χ1) is 11.2. The average molecular weight is 358 g/mol. The number of amides is 2. The first-order valence-corrected chi connectivity index (χ1v) is 9.45. The Morgan fingerprint density at radius 1 is 1.21 bits per heavy atom. The Bertz CT molecular complexity index is 452. The van der Waals surface area contributed by atoms with Crippen molar-refractivity contribution in [2.45, 2.75) is 51.9 Å². The topological polar surface area (TPSA) is 61.4 Å². The molecule has 138 valence electrons. The zero-order valence-corrected chi connectivity index (χ0v) is 15.6. The second-order valence-corrected chi connectivity index (χ2v) is 7.59. The minimum atomic E-state index is -0.143. The maximum atomic E-state index is 13.2. The maximum Gasteiger partial charge on any atom is 0.230 e. The van der Waals surface area contributed by atoms with E-state index in [-0.39, 0.29) is 29.6 Å². The number of hydrogen-bond donors (Lipinski definition) is 2. The summed E-state index contributed by atoms with van der Waals surface area (Å²) in [5, 5.41) is 6.46. The molecule has 2 heterocycles. The van der Waals surface area contributed by atoms with E-state index in [9.17, 15) is 9.59 Å². The van der Waals surface area contributed by atoms with Crippen LogP contribution in [0.3, 0.4) is 0 Å². The molecule has 0 unspecified atom stereocenters. The van der Waals surface area contributed by atoms with Crippen molar-refractivity contribution in [2.75, 3.05) is 32.7 Å². The van der Waals surface area contributed by atoms with Crippen LogP contribution in [-0.2, 0) is 9.59 Å². The van der Waals surface area contributed by atoms with Crippen LogP contribution in [0.25, 0.3) is 0 Å². The first kappa shape index (κ1) is 19.5. The van der Waals surface area contributed by atoms with Gasteiger partial charge in [-0.3, -0.25) is 9.59 Å². The molecular weight excluding hydrogens is 326 g/mol. The number of rotatable bonds is 4. The molecule has 5 nitrogen and oxygen atoms in total. The van der Waals surface area contributed by atoms with Crippen molar-refractivity contribution in [3.63, 3.8) is 0 Å². The molecule has 2 aliphatic heterocycles. The van der Waals surface area contributed by atoms with Gasteiger partial charge in [-0.2, -0.15) is 0 Å². The van der Waals surface area contributed by atoms with Crippen LogP contribution in [0, 0.1) is 17.3 Å². The fraction of sp³-hybridized carbons (Fsp3) is 0.889. The SMILES string of the molecule is CCCNC(=O)C1CCN(C(=O)[C@@]23CCCC[C@H]2CNC3)CC1.Cl. The molecule has 2 atom stereocenters. The van der Waals surface area contributed by atoms with E-state index >= 15 is 0 Å². The summed E-state index contributed by atoms with van der Waals surface area (Å²) in [5.41, 5.74) is -0.143. The molecule has 0 aromatic carbocycles. The second kappa shape index (κ2) is 8.52. The Kier molecular flexibility index (Phi) is 6.93. The van der Waals surface area contributed by atoms with E-state index in [1.807, 2.05) is 0 Å². The van der Waals surface area contributed by atoms with Crippen LogP contribution in [0.1, 0.15) is 51.9 Å². The number of piperidine rings is 1. The summed E-state index contributed by atoms with van der Waals surface area (Å²) in [6.45, 7) is 6.18. The van der Waals surface area contributed by atoms with Crippen LogP contribution in [0.15, 0.2) is 0 Å². The number of likely N-dealkylation sites (tertiary alicyclic amines) is 1. The van der Waals surface area contributed by atoms with E-state index in [0.29, 0.717) is 11.8 Å². The predicted octanol–water partition coefficient (Wildman–Crippen LogP) is 1.95. The van der Waals surface area contributed by atoms with E-state index in [0.717, 1.165) is 58.4 Å². The third-order valence-electron chi connectivity index (χ3n) is 6.17. The molecule has 2 N–H and O–H groups in total. The normalized spacial score (nSPS) is 30.4. The van der Waals surface area contributed by atoms with Gasteiger partial charge in [-0.15, -0.1) is 12.4 Å². The van der Waals surface area contributed by atoms with Gasteiger partial charge in [-0.1, -0.05) is 19.8 Å². The van der Waals surface area contributed by atoms with E-state index in [1.165, 1.54) is 19.3 Å². The number of carbonyl (C=O) groups is 2. The van der Waals surface area contributed by atoms with Crippen LogP contribution in [0.2, 0.25) is 0 Å². The van der Waals surface area contributed by atoms with Gasteiger partial charge in [0.05, 0.1) is 5.41 Å². The standard InChI is InChI=1S/C18H31N3O2.ClH/c1-2-9-20-16(22)14-6-10-21(11-7-14)17(23)18-8-4-3-5-15(18)12-19-13-18;/h14-15,19H,2-13H2,1H3,(H,20,22);1H/t15-,18+;/m0./s1. The molecule has 1 aliphatic carbocycles. The number of nitrogens with one attached hydrogen (secondary N) is 2. The Morgan fingerprint density at radius 3 is 2.67 bits per heavy atom. The van der Waals surface area contributed by atoms with Crippen molar-refractivity contribution in [3.8, 4) is 0 Å². The molecule has 0 bridgehead atoms. The fourth-order valence-electron chi connectivity index (χ4n) is 4.72. The highest BCUT2D eigenvalue weighted by Crippen LogP contribution is 2.45. The van der Waals surface area contributed by atoms with Gasteiger partial charge >= 0.3 is 0 Å². The van der Waals surface area contributed by atoms with Crippen molar-refractivity contribution in [1.29, 1.82) is 0 Å². The highest BCUT2D eigenvalue weighted by molar-refractivity contribution is 5.85. The highest BCUT2D eigenvalue weighted by atomic mass is 35.5. The quantitative estimate of drug-likeness (QED) is 0.808. The molecule has 0 aromatic heterocycles. The average Bonchev–Trinajstić information content (AvgIpc) is 3.04. The van der Waals surface area contributed by atoms with Gasteiger partial charge in [-0.05, 0) is 44.6 Å². The van der Waals surface area contributed by atoms with Gasteiger partial charge < -0.3 is 15.5 Å². The lowest BCUT2D eigenvalue weighted by Gasteiger charge is -2.42. The number of hydrogen-bond acceptors (Lipinski definition) is 3. The Balaban J connectivity index is 0.00000208. The second-order valence-electron chi connectivity index (χ2n) is 7.59. The molecular formula is C18H32ClN3O2.